The van der Waals surface area contributed by atoms with E-state index in [0.717, 1.165) is 22.2 Å². The van der Waals surface area contributed by atoms with Crippen LogP contribution in [0.3, 0.4) is 0 Å². The summed E-state index contributed by atoms with van der Waals surface area (Å²) >= 11 is 1.30. The highest BCUT2D eigenvalue weighted by atomic mass is 32.2. The number of aliphatic imine (C=N–C) groups is 1. The van der Waals surface area contributed by atoms with Crippen molar-refractivity contribution < 1.29 is 28.9 Å². The number of amides is 1. The molecule has 10 heteroatoms. The summed E-state index contributed by atoms with van der Waals surface area (Å²) in [7, 11) is 1.61. The van der Waals surface area contributed by atoms with Crippen LogP contribution in [-0.4, -0.2) is 53.8 Å². The smallest absolute Gasteiger partial charge is 0.266 e. The van der Waals surface area contributed by atoms with Crippen LogP contribution in [-0.2, 0) is 16.0 Å². The number of carboxylic acids is 1. The monoisotopic (exact) mass is 570 g/mol. The van der Waals surface area contributed by atoms with Crippen LogP contribution in [0.4, 0.5) is 5.69 Å². The van der Waals surface area contributed by atoms with Gasteiger partial charge in [-0.3, -0.25) is 9.69 Å². The summed E-state index contributed by atoms with van der Waals surface area (Å²) in [5, 5.41) is 12.5. The Kier molecular flexibility index (Phi) is 8.59. The number of ether oxygens (including phenoxy) is 3. The van der Waals surface area contributed by atoms with Crippen LogP contribution in [0.5, 0.6) is 17.2 Å². The van der Waals surface area contributed by atoms with Crippen LogP contribution in [0.2, 0.25) is 0 Å². The first-order valence-corrected chi connectivity index (χ1v) is 13.9. The highest BCUT2D eigenvalue weighted by Gasteiger charge is 2.33. The summed E-state index contributed by atoms with van der Waals surface area (Å²) in [4.78, 5) is 34.8. The average Bonchev–Trinajstić information content (AvgIpc) is 3.52. The molecule has 1 amide bonds. The lowest BCUT2D eigenvalue weighted by Gasteiger charge is -2.15. The van der Waals surface area contributed by atoms with Crippen molar-refractivity contribution in [3.8, 4) is 17.2 Å². The van der Waals surface area contributed by atoms with Gasteiger partial charge in [-0.05, 0) is 84.8 Å². The summed E-state index contributed by atoms with van der Waals surface area (Å²) in [5.41, 5.74) is 3.57. The molecule has 0 aliphatic carbocycles. The molecule has 41 heavy (non-hydrogen) atoms. The highest BCUT2D eigenvalue weighted by Crippen LogP contribution is 2.36. The number of aromatic amines is 1. The first-order chi connectivity index (χ1) is 19.9. The van der Waals surface area contributed by atoms with Crippen molar-refractivity contribution in [1.82, 2.24) is 9.88 Å². The van der Waals surface area contributed by atoms with Gasteiger partial charge in [0.2, 0.25) is 0 Å². The number of nitrogens with zero attached hydrogens (tertiary/aromatic N) is 2. The van der Waals surface area contributed by atoms with Gasteiger partial charge < -0.3 is 29.1 Å². The summed E-state index contributed by atoms with van der Waals surface area (Å²) < 4.78 is 16.2. The van der Waals surface area contributed by atoms with E-state index < -0.39 is 12.6 Å². The summed E-state index contributed by atoms with van der Waals surface area (Å²) in [6.45, 7) is 2.03. The predicted molar refractivity (Wildman–Crippen MR) is 157 cm³/mol. The number of carboxylic acid groups (broad SMARTS) is 1. The number of para-hydroxylation sites is 1. The zero-order valence-corrected chi connectivity index (χ0v) is 23.4. The second kappa shape index (κ2) is 12.6. The number of amidine groups is 1. The molecule has 0 radical (unpaired) electrons. The molecule has 1 N–H and O–H groups in total. The van der Waals surface area contributed by atoms with Gasteiger partial charge in [0.05, 0.1) is 30.3 Å². The number of aromatic nitrogens is 1. The summed E-state index contributed by atoms with van der Waals surface area (Å²) in [5.74, 6) is -0.106. The average molecular weight is 571 g/mol. The zero-order chi connectivity index (χ0) is 28.8. The molecule has 9 nitrogen and oxygen atoms in total. The van der Waals surface area contributed by atoms with Crippen LogP contribution in [0.15, 0.2) is 82.8 Å². The van der Waals surface area contributed by atoms with E-state index >= 15 is 0 Å². The van der Waals surface area contributed by atoms with Crippen molar-refractivity contribution in [3.05, 3.63) is 89.0 Å². The Morgan fingerprint density at radius 3 is 2.63 bits per heavy atom. The number of H-pyrrole nitrogens is 1. The van der Waals surface area contributed by atoms with E-state index in [1.165, 1.54) is 11.8 Å². The van der Waals surface area contributed by atoms with Crippen LogP contribution in [0.1, 0.15) is 18.1 Å². The number of nitrogens with one attached hydrogen (secondary N) is 1. The minimum Gasteiger partial charge on any atom is -0.546 e. The molecule has 1 aliphatic heterocycles. The summed E-state index contributed by atoms with van der Waals surface area (Å²) in [6, 6.07) is 20.5. The minimum atomic E-state index is -1.33. The molecular formula is C31H28N3O6S-. The molecule has 0 spiro atoms. The van der Waals surface area contributed by atoms with Crippen molar-refractivity contribution >= 4 is 51.5 Å². The fraction of sp³-hybridized carbons (Fsp3) is 0.194. The predicted octanol–water partition coefficient (Wildman–Crippen LogP) is 4.55. The number of thioether (sulfide) groups is 1. The third-order valence-electron chi connectivity index (χ3n) is 6.38. The molecule has 0 saturated carbocycles. The number of aliphatic carboxylic acids is 1. The second-order valence-corrected chi connectivity index (χ2v) is 10.1. The third kappa shape index (κ3) is 6.55. The van der Waals surface area contributed by atoms with E-state index in [1.807, 2.05) is 55.6 Å². The number of fused-ring (bicyclic) bond motifs is 1. The lowest BCUT2D eigenvalue weighted by Crippen LogP contribution is -2.31. The molecule has 2 heterocycles. The van der Waals surface area contributed by atoms with E-state index in [4.69, 9.17) is 19.2 Å². The fourth-order valence-electron chi connectivity index (χ4n) is 4.42. The van der Waals surface area contributed by atoms with Crippen LogP contribution in [0.25, 0.3) is 17.0 Å². The van der Waals surface area contributed by atoms with Crippen molar-refractivity contribution in [2.45, 2.75) is 13.3 Å². The molecule has 0 bridgehead atoms. The molecule has 1 fully saturated rings. The molecule has 1 aromatic heterocycles. The topological polar surface area (TPSA) is 116 Å². The molecule has 3 aromatic carbocycles. The molecule has 0 unspecified atom stereocenters. The van der Waals surface area contributed by atoms with Gasteiger partial charge >= 0.3 is 0 Å². The van der Waals surface area contributed by atoms with E-state index in [9.17, 15) is 14.7 Å². The SMILES string of the molecule is CCOc1cc(/C=C2\SC(=Nc3ccc(OC)cc3)N(CCc3c[nH]c4ccccc34)C2=O)ccc1OCC(=O)[O-]. The van der Waals surface area contributed by atoms with Gasteiger partial charge in [0.25, 0.3) is 5.91 Å². The van der Waals surface area contributed by atoms with E-state index in [-0.39, 0.29) is 11.7 Å². The fourth-order valence-corrected chi connectivity index (χ4v) is 5.44. The number of carbonyl (C=O) groups excluding carboxylic acids is 2. The zero-order valence-electron chi connectivity index (χ0n) is 22.6. The Bertz CT molecular complexity index is 1630. The summed E-state index contributed by atoms with van der Waals surface area (Å²) in [6.07, 6.45) is 4.40. The van der Waals surface area contributed by atoms with Gasteiger partial charge in [-0.25, -0.2) is 4.99 Å². The second-order valence-electron chi connectivity index (χ2n) is 9.07. The van der Waals surface area contributed by atoms with Gasteiger partial charge in [0.1, 0.15) is 12.4 Å². The number of hydrogen-bond acceptors (Lipinski definition) is 8. The Balaban J connectivity index is 1.44. The normalized spacial score (nSPS) is 15.2. The molecular weight excluding hydrogens is 542 g/mol. The van der Waals surface area contributed by atoms with Crippen LogP contribution < -0.4 is 19.3 Å². The molecule has 1 aliphatic rings. The molecule has 5 rings (SSSR count). The first-order valence-electron chi connectivity index (χ1n) is 13.0. The van der Waals surface area contributed by atoms with Gasteiger partial charge in [0, 0.05) is 23.6 Å². The number of methoxy groups -OCH3 is 1. The van der Waals surface area contributed by atoms with E-state index in [1.54, 1.807) is 36.3 Å². The highest BCUT2D eigenvalue weighted by molar-refractivity contribution is 8.18. The van der Waals surface area contributed by atoms with Gasteiger partial charge in [0.15, 0.2) is 16.7 Å². The van der Waals surface area contributed by atoms with Gasteiger partial charge in [-0.1, -0.05) is 24.3 Å². The molecule has 0 atom stereocenters. The Hall–Kier alpha value is -4.70. The lowest BCUT2D eigenvalue weighted by molar-refractivity contribution is -0.307. The lowest BCUT2D eigenvalue weighted by atomic mass is 10.1. The number of carbonyl (C=O) groups is 2. The van der Waals surface area contributed by atoms with Crippen LogP contribution >= 0.6 is 11.8 Å². The Morgan fingerprint density at radius 2 is 1.88 bits per heavy atom. The van der Waals surface area contributed by atoms with E-state index in [0.29, 0.717) is 46.6 Å². The Labute approximate surface area is 241 Å². The maximum absolute atomic E-state index is 13.7. The Morgan fingerprint density at radius 1 is 1.07 bits per heavy atom. The minimum absolute atomic E-state index is 0.155. The van der Waals surface area contributed by atoms with Gasteiger partial charge in [-0.15, -0.1) is 0 Å². The van der Waals surface area contributed by atoms with Crippen LogP contribution in [0, 0.1) is 0 Å². The quantitative estimate of drug-likeness (QED) is 0.263. The van der Waals surface area contributed by atoms with Crippen molar-refractivity contribution in [1.29, 1.82) is 0 Å². The number of rotatable bonds is 11. The maximum atomic E-state index is 13.7. The standard InChI is InChI=1S/C31H29N3O6S/c1-3-39-27-16-20(8-13-26(27)40-19-29(35)36)17-28-30(37)34(15-14-21-18-32-25-7-5-4-6-24(21)25)31(41-28)33-22-9-11-23(38-2)12-10-22/h4-13,16-18,32H,3,14-15,19H2,1-2H3,(H,35,36)/p-1/b28-17-,33-31?. The largest absolute Gasteiger partial charge is 0.546 e. The van der Waals surface area contributed by atoms with Crippen molar-refractivity contribution in [2.24, 2.45) is 4.99 Å². The van der Waals surface area contributed by atoms with E-state index in [2.05, 4.69) is 11.1 Å². The number of hydrogen-bond donors (Lipinski definition) is 1. The van der Waals surface area contributed by atoms with Crippen molar-refractivity contribution in [2.75, 3.05) is 26.9 Å². The van der Waals surface area contributed by atoms with Crippen molar-refractivity contribution in [3.63, 3.8) is 0 Å². The molecule has 210 valence electrons. The number of benzene rings is 3. The maximum Gasteiger partial charge on any atom is 0.266 e. The first kappa shape index (κ1) is 27.9. The third-order valence-corrected chi connectivity index (χ3v) is 7.38. The van der Waals surface area contributed by atoms with Gasteiger partial charge in [-0.2, -0.15) is 0 Å². The molecule has 4 aromatic rings. The molecule has 1 saturated heterocycles.